The molecule has 0 saturated heterocycles. The predicted molar refractivity (Wildman–Crippen MR) is 82.6 cm³/mol. The molecule has 0 fully saturated rings. The summed E-state index contributed by atoms with van der Waals surface area (Å²) in [5, 5.41) is 0. The lowest BCUT2D eigenvalue weighted by atomic mass is 10.1. The quantitative estimate of drug-likeness (QED) is 0.348. The Labute approximate surface area is 112 Å². The molecule has 0 aliphatic heterocycles. The topological polar surface area (TPSA) is 0 Å². The Bertz CT molecular complexity index is 321. The van der Waals surface area contributed by atoms with E-state index in [0.29, 0.717) is 0 Å². The number of hydrogen-bond donors (Lipinski definition) is 0. The Kier molecular flexibility index (Phi) is 8.88. The largest absolute Gasteiger partial charge is 0.103 e. The van der Waals surface area contributed by atoms with Gasteiger partial charge in [0, 0.05) is 0 Å². The smallest absolute Gasteiger partial charge is 0.0260 e. The Morgan fingerprint density at radius 2 is 1.39 bits per heavy atom. The molecule has 0 N–H and O–H groups in total. The summed E-state index contributed by atoms with van der Waals surface area (Å²) in [6, 6.07) is 10.5. The van der Waals surface area contributed by atoms with Crippen LogP contribution in [-0.4, -0.2) is 0 Å². The highest BCUT2D eigenvalue weighted by Crippen LogP contribution is 2.10. The molecule has 18 heavy (non-hydrogen) atoms. The highest BCUT2D eigenvalue weighted by Gasteiger charge is 1.90. The zero-order valence-corrected chi connectivity index (χ0v) is 11.5. The van der Waals surface area contributed by atoms with Gasteiger partial charge in [-0.15, -0.1) is 6.58 Å². The van der Waals surface area contributed by atoms with Gasteiger partial charge in [-0.05, 0) is 31.2 Å². The molecule has 0 radical (unpaired) electrons. The molecule has 0 saturated carbocycles. The van der Waals surface area contributed by atoms with Crippen molar-refractivity contribution in [2.75, 3.05) is 0 Å². The number of unbranched alkanes of at least 4 members (excludes halogenated alkanes) is 7. The molecule has 0 spiro atoms. The average Bonchev–Trinajstić information content (AvgIpc) is 2.42. The van der Waals surface area contributed by atoms with Crippen molar-refractivity contribution in [3.8, 4) is 0 Å². The van der Waals surface area contributed by atoms with Crippen LogP contribution in [0.3, 0.4) is 0 Å². The maximum absolute atomic E-state index is 3.75. The Morgan fingerprint density at radius 1 is 0.778 bits per heavy atom. The summed E-state index contributed by atoms with van der Waals surface area (Å²) in [4.78, 5) is 0. The van der Waals surface area contributed by atoms with Gasteiger partial charge < -0.3 is 0 Å². The summed E-state index contributed by atoms with van der Waals surface area (Å²) in [6.45, 7) is 3.75. The molecule has 0 atom stereocenters. The van der Waals surface area contributed by atoms with E-state index in [1.54, 1.807) is 0 Å². The monoisotopic (exact) mass is 242 g/mol. The van der Waals surface area contributed by atoms with Gasteiger partial charge >= 0.3 is 0 Å². The van der Waals surface area contributed by atoms with Gasteiger partial charge in [-0.3, -0.25) is 0 Å². The Hall–Kier alpha value is -1.30. The summed E-state index contributed by atoms with van der Waals surface area (Å²) in [6.07, 6.45) is 17.1. The second-order valence-corrected chi connectivity index (χ2v) is 4.80. The van der Waals surface area contributed by atoms with E-state index in [-0.39, 0.29) is 0 Å². The van der Waals surface area contributed by atoms with Gasteiger partial charge in [-0.25, -0.2) is 0 Å². The summed E-state index contributed by atoms with van der Waals surface area (Å²) in [5.41, 5.74) is 1.31. The van der Waals surface area contributed by atoms with Gasteiger partial charge in [0.2, 0.25) is 0 Å². The summed E-state index contributed by atoms with van der Waals surface area (Å²) in [5.74, 6) is 0. The van der Waals surface area contributed by atoms with Crippen molar-refractivity contribution in [2.45, 2.75) is 51.4 Å². The lowest BCUT2D eigenvalue weighted by molar-refractivity contribution is 0.600. The molecule has 0 bridgehead atoms. The minimum atomic E-state index is 1.18. The fraction of sp³-hybridized carbons (Fsp3) is 0.444. The van der Waals surface area contributed by atoms with Crippen molar-refractivity contribution in [2.24, 2.45) is 0 Å². The molecule has 0 heteroatoms. The van der Waals surface area contributed by atoms with Crippen LogP contribution in [0, 0.1) is 0 Å². The zero-order valence-electron chi connectivity index (χ0n) is 11.5. The van der Waals surface area contributed by atoms with Crippen LogP contribution < -0.4 is 0 Å². The van der Waals surface area contributed by atoms with Crippen molar-refractivity contribution in [3.05, 3.63) is 54.6 Å². The first-order chi connectivity index (χ1) is 8.93. The predicted octanol–water partition coefficient (Wildman–Crippen LogP) is 6.01. The van der Waals surface area contributed by atoms with E-state index in [9.17, 15) is 0 Å². The first-order valence-electron chi connectivity index (χ1n) is 7.26. The van der Waals surface area contributed by atoms with Crippen LogP contribution in [-0.2, 0) is 0 Å². The van der Waals surface area contributed by atoms with Crippen molar-refractivity contribution in [1.82, 2.24) is 0 Å². The molecule has 0 nitrogen and oxygen atoms in total. The van der Waals surface area contributed by atoms with E-state index in [1.807, 2.05) is 6.08 Å². The van der Waals surface area contributed by atoms with Crippen LogP contribution in [0.15, 0.2) is 49.1 Å². The number of rotatable bonds is 10. The number of allylic oxidation sites excluding steroid dienone is 2. The third-order valence-electron chi connectivity index (χ3n) is 3.14. The molecule has 1 rings (SSSR count). The molecular weight excluding hydrogens is 216 g/mol. The molecule has 0 aliphatic carbocycles. The third-order valence-corrected chi connectivity index (χ3v) is 3.14. The van der Waals surface area contributed by atoms with E-state index in [0.717, 1.165) is 0 Å². The fourth-order valence-corrected chi connectivity index (χ4v) is 2.04. The summed E-state index contributed by atoms with van der Waals surface area (Å²) < 4.78 is 0. The average molecular weight is 242 g/mol. The first-order valence-corrected chi connectivity index (χ1v) is 7.26. The Balaban J connectivity index is 1.92. The van der Waals surface area contributed by atoms with Crippen LogP contribution in [0.25, 0.3) is 6.08 Å². The molecule has 0 heterocycles. The molecule has 0 aromatic heterocycles. The summed E-state index contributed by atoms with van der Waals surface area (Å²) in [7, 11) is 0. The van der Waals surface area contributed by atoms with Crippen molar-refractivity contribution in [1.29, 1.82) is 0 Å². The minimum absolute atomic E-state index is 1.18. The maximum Gasteiger partial charge on any atom is -0.0260 e. The Morgan fingerprint density at radius 3 is 2.06 bits per heavy atom. The molecule has 0 amide bonds. The van der Waals surface area contributed by atoms with Gasteiger partial charge in [0.15, 0.2) is 0 Å². The third kappa shape index (κ3) is 7.89. The molecule has 0 aliphatic rings. The fourth-order valence-electron chi connectivity index (χ4n) is 2.04. The van der Waals surface area contributed by atoms with E-state index in [4.69, 9.17) is 0 Å². The lowest BCUT2D eigenvalue weighted by Gasteiger charge is -1.99. The molecule has 98 valence electrons. The van der Waals surface area contributed by atoms with Gasteiger partial charge in [0.05, 0.1) is 0 Å². The van der Waals surface area contributed by atoms with Crippen molar-refractivity contribution >= 4 is 6.08 Å². The van der Waals surface area contributed by atoms with Crippen LogP contribution >= 0.6 is 0 Å². The summed E-state index contributed by atoms with van der Waals surface area (Å²) >= 11 is 0. The van der Waals surface area contributed by atoms with Gasteiger partial charge in [0.25, 0.3) is 0 Å². The SMILES string of the molecule is C=CCCCCCCCCC=Cc1ccccc1. The van der Waals surface area contributed by atoms with Crippen LogP contribution in [0.5, 0.6) is 0 Å². The molecular formula is C18H26. The number of hydrogen-bond acceptors (Lipinski definition) is 0. The van der Waals surface area contributed by atoms with E-state index in [1.165, 1.54) is 56.9 Å². The second kappa shape index (κ2) is 10.8. The highest BCUT2D eigenvalue weighted by atomic mass is 14.0. The van der Waals surface area contributed by atoms with Crippen molar-refractivity contribution in [3.63, 3.8) is 0 Å². The number of benzene rings is 1. The van der Waals surface area contributed by atoms with E-state index >= 15 is 0 Å². The maximum atomic E-state index is 3.75. The van der Waals surface area contributed by atoms with Crippen LogP contribution in [0.2, 0.25) is 0 Å². The van der Waals surface area contributed by atoms with Gasteiger partial charge in [0.1, 0.15) is 0 Å². The van der Waals surface area contributed by atoms with Crippen LogP contribution in [0.4, 0.5) is 0 Å². The van der Waals surface area contributed by atoms with Gasteiger partial charge in [-0.1, -0.05) is 74.2 Å². The zero-order chi connectivity index (χ0) is 12.9. The molecule has 1 aromatic carbocycles. The minimum Gasteiger partial charge on any atom is -0.103 e. The lowest BCUT2D eigenvalue weighted by Crippen LogP contribution is -1.79. The van der Waals surface area contributed by atoms with Crippen molar-refractivity contribution < 1.29 is 0 Å². The standard InChI is InChI=1S/C18H26/c1-2-3-4-5-6-7-8-9-10-12-15-18-16-13-11-14-17-18/h2,11-17H,1,3-10H2. The normalized spacial score (nSPS) is 10.9. The van der Waals surface area contributed by atoms with E-state index in [2.05, 4.69) is 49.1 Å². The molecule has 0 unspecified atom stereocenters. The van der Waals surface area contributed by atoms with Crippen LogP contribution in [0.1, 0.15) is 56.9 Å². The molecule has 1 aromatic rings. The second-order valence-electron chi connectivity index (χ2n) is 4.80. The first kappa shape index (κ1) is 14.8. The highest BCUT2D eigenvalue weighted by molar-refractivity contribution is 5.48. The van der Waals surface area contributed by atoms with Gasteiger partial charge in [-0.2, -0.15) is 0 Å². The van der Waals surface area contributed by atoms with E-state index < -0.39 is 0 Å².